The first-order chi connectivity index (χ1) is 16.1. The Kier molecular flexibility index (Phi) is 5.18. The van der Waals surface area contributed by atoms with Crippen LogP contribution in [0.1, 0.15) is 34.8 Å². The Hall–Kier alpha value is -4.32. The number of carbonyl (C=O) groups excluding carboxylic acids is 1. The number of piperidine rings is 1. The van der Waals surface area contributed by atoms with E-state index in [1.807, 2.05) is 34.2 Å². The minimum Gasteiger partial charge on any atom is -0.494 e. The fraction of sp³-hybridized carbons (Fsp3) is 0.250. The first-order valence-electron chi connectivity index (χ1n) is 10.7. The zero-order chi connectivity index (χ0) is 22.9. The number of nitrogens with two attached hydrogens (primary N) is 1. The van der Waals surface area contributed by atoms with Crippen molar-refractivity contribution in [1.29, 1.82) is 5.26 Å². The highest BCUT2D eigenvalue weighted by atomic mass is 16.5. The second-order valence-corrected chi connectivity index (χ2v) is 8.12. The van der Waals surface area contributed by atoms with E-state index in [1.165, 1.54) is 6.20 Å². The summed E-state index contributed by atoms with van der Waals surface area (Å²) >= 11 is 0. The third kappa shape index (κ3) is 3.76. The highest BCUT2D eigenvalue weighted by Gasteiger charge is 2.25. The van der Waals surface area contributed by atoms with Gasteiger partial charge in [0.05, 0.1) is 25.5 Å². The normalized spacial score (nSPS) is 14.4. The van der Waals surface area contributed by atoms with Crippen LogP contribution in [-0.4, -0.2) is 50.4 Å². The number of benzene rings is 1. The van der Waals surface area contributed by atoms with Crippen LogP contribution in [-0.2, 0) is 0 Å². The van der Waals surface area contributed by atoms with Crippen LogP contribution in [0.3, 0.4) is 0 Å². The van der Waals surface area contributed by atoms with Gasteiger partial charge in [-0.1, -0.05) is 6.07 Å². The van der Waals surface area contributed by atoms with Crippen LogP contribution in [0.5, 0.6) is 5.75 Å². The molecule has 0 unspecified atom stereocenters. The van der Waals surface area contributed by atoms with Crippen molar-refractivity contribution in [3.8, 4) is 22.9 Å². The number of amides is 1. The van der Waals surface area contributed by atoms with Gasteiger partial charge in [0.15, 0.2) is 0 Å². The molecule has 0 bridgehead atoms. The highest BCUT2D eigenvalue weighted by Crippen LogP contribution is 2.31. The molecule has 166 valence electrons. The third-order valence-electron chi connectivity index (χ3n) is 6.11. The maximum atomic E-state index is 12.8. The molecule has 1 aliphatic heterocycles. The molecule has 0 radical (unpaired) electrons. The Labute approximate surface area is 190 Å². The fourth-order valence-corrected chi connectivity index (χ4v) is 4.35. The van der Waals surface area contributed by atoms with Crippen LogP contribution in [0.2, 0.25) is 0 Å². The van der Waals surface area contributed by atoms with Crippen LogP contribution in [0.25, 0.3) is 16.6 Å². The van der Waals surface area contributed by atoms with Crippen molar-refractivity contribution < 1.29 is 9.53 Å². The molecule has 4 heterocycles. The molecule has 1 aliphatic rings. The topological polar surface area (TPSA) is 114 Å². The first-order valence-corrected chi connectivity index (χ1v) is 10.7. The number of hydrogen-bond acceptors (Lipinski definition) is 6. The molecule has 1 saturated heterocycles. The number of rotatable bonds is 4. The zero-order valence-corrected chi connectivity index (χ0v) is 18.2. The molecular formula is C24H23N7O2. The molecule has 2 N–H and O–H groups in total. The number of hydrogen-bond donors (Lipinski definition) is 1. The van der Waals surface area contributed by atoms with Crippen LogP contribution in [0, 0.1) is 11.3 Å². The number of carbonyl (C=O) groups is 1. The summed E-state index contributed by atoms with van der Waals surface area (Å²) in [6, 6.07) is 11.4. The largest absolute Gasteiger partial charge is 0.494 e. The zero-order valence-electron chi connectivity index (χ0n) is 18.2. The molecule has 1 amide bonds. The third-order valence-corrected chi connectivity index (χ3v) is 6.11. The number of fused-ring (bicyclic) bond motifs is 1. The number of nitrogens with zero attached hydrogens (tertiary/aromatic N) is 6. The summed E-state index contributed by atoms with van der Waals surface area (Å²) in [5, 5.41) is 18.2. The average molecular weight is 441 g/mol. The van der Waals surface area contributed by atoms with Gasteiger partial charge < -0.3 is 15.4 Å². The summed E-state index contributed by atoms with van der Waals surface area (Å²) in [5.74, 6) is 0.598. The summed E-state index contributed by atoms with van der Waals surface area (Å²) in [6.07, 6.45) is 8.87. The number of ether oxygens (including phenoxy) is 1. The second-order valence-electron chi connectivity index (χ2n) is 8.12. The molecule has 4 aromatic rings. The van der Waals surface area contributed by atoms with E-state index in [2.05, 4.69) is 16.3 Å². The van der Waals surface area contributed by atoms with E-state index in [1.54, 1.807) is 35.9 Å². The minimum absolute atomic E-state index is 0.0123. The number of pyridine rings is 1. The lowest BCUT2D eigenvalue weighted by atomic mass is 10.0. The minimum atomic E-state index is 0.0123. The predicted octanol–water partition coefficient (Wildman–Crippen LogP) is 3.14. The molecule has 3 aromatic heterocycles. The van der Waals surface area contributed by atoms with Crippen molar-refractivity contribution in [1.82, 2.24) is 24.3 Å². The predicted molar refractivity (Wildman–Crippen MR) is 123 cm³/mol. The molecule has 0 aliphatic carbocycles. The maximum Gasteiger partial charge on any atom is 0.253 e. The molecule has 5 rings (SSSR count). The lowest BCUT2D eigenvalue weighted by Crippen LogP contribution is -2.39. The summed E-state index contributed by atoms with van der Waals surface area (Å²) in [6.45, 7) is 1.33. The van der Waals surface area contributed by atoms with Crippen molar-refractivity contribution in [2.75, 3.05) is 25.9 Å². The number of nitrogen functional groups attached to an aromatic ring is 1. The molecule has 9 nitrogen and oxygen atoms in total. The number of nitriles is 1. The van der Waals surface area contributed by atoms with Gasteiger partial charge in [0.25, 0.3) is 5.91 Å². The molecule has 1 aromatic carbocycles. The molecular weight excluding hydrogens is 418 g/mol. The van der Waals surface area contributed by atoms with Gasteiger partial charge in [0, 0.05) is 47.9 Å². The van der Waals surface area contributed by atoms with E-state index in [0.717, 1.165) is 24.0 Å². The molecule has 9 heteroatoms. The molecule has 0 saturated carbocycles. The number of anilines is 1. The van der Waals surface area contributed by atoms with Gasteiger partial charge >= 0.3 is 0 Å². The fourth-order valence-electron chi connectivity index (χ4n) is 4.35. The van der Waals surface area contributed by atoms with Crippen molar-refractivity contribution in [2.24, 2.45) is 0 Å². The number of methoxy groups -OCH3 is 1. The van der Waals surface area contributed by atoms with E-state index in [0.29, 0.717) is 41.2 Å². The Bertz CT molecular complexity index is 1370. The van der Waals surface area contributed by atoms with Crippen molar-refractivity contribution >= 4 is 17.1 Å². The first kappa shape index (κ1) is 20.6. The van der Waals surface area contributed by atoms with E-state index in [4.69, 9.17) is 10.5 Å². The number of aromatic nitrogens is 4. The summed E-state index contributed by atoms with van der Waals surface area (Å²) < 4.78 is 9.13. The SMILES string of the molecule is COc1cc(-c2cnn(C3CCN(C(=O)c4cccc(N)c4)CC3)c2)cn2ncc(C#N)c12. The van der Waals surface area contributed by atoms with Crippen LogP contribution in [0.15, 0.2) is 55.1 Å². The molecule has 1 fully saturated rings. The second kappa shape index (κ2) is 8.31. The number of likely N-dealkylation sites (tertiary alicyclic amines) is 1. The Morgan fingerprint density at radius 3 is 2.70 bits per heavy atom. The highest BCUT2D eigenvalue weighted by molar-refractivity contribution is 5.95. The molecule has 0 spiro atoms. The van der Waals surface area contributed by atoms with Gasteiger partial charge in [-0.05, 0) is 37.1 Å². The van der Waals surface area contributed by atoms with Crippen molar-refractivity contribution in [3.63, 3.8) is 0 Å². The van der Waals surface area contributed by atoms with Gasteiger partial charge in [0.2, 0.25) is 0 Å². The molecule has 0 atom stereocenters. The standard InChI is InChI=1S/C24H23N7O2/c1-33-22-10-17(14-31-23(22)18(11-25)12-28-31)19-13-27-30(15-19)21-5-7-29(8-6-21)24(32)16-3-2-4-20(26)9-16/h2-4,9-10,12-15,21H,5-8,26H2,1H3. The lowest BCUT2D eigenvalue weighted by molar-refractivity contribution is 0.0690. The Balaban J connectivity index is 1.32. The van der Waals surface area contributed by atoms with E-state index >= 15 is 0 Å². The Morgan fingerprint density at radius 2 is 1.97 bits per heavy atom. The van der Waals surface area contributed by atoms with Crippen molar-refractivity contribution in [2.45, 2.75) is 18.9 Å². The van der Waals surface area contributed by atoms with Crippen molar-refractivity contribution in [3.05, 3.63) is 66.2 Å². The van der Waals surface area contributed by atoms with Gasteiger partial charge in [-0.3, -0.25) is 9.48 Å². The Morgan fingerprint density at radius 1 is 1.15 bits per heavy atom. The molecule has 33 heavy (non-hydrogen) atoms. The van der Waals surface area contributed by atoms with Gasteiger partial charge in [-0.2, -0.15) is 15.5 Å². The van der Waals surface area contributed by atoms with Gasteiger partial charge in [-0.15, -0.1) is 0 Å². The summed E-state index contributed by atoms with van der Waals surface area (Å²) in [4.78, 5) is 14.7. The van der Waals surface area contributed by atoms with Crippen LogP contribution >= 0.6 is 0 Å². The smallest absolute Gasteiger partial charge is 0.253 e. The summed E-state index contributed by atoms with van der Waals surface area (Å²) in [7, 11) is 1.58. The quantitative estimate of drug-likeness (QED) is 0.487. The lowest BCUT2D eigenvalue weighted by Gasteiger charge is -2.32. The van der Waals surface area contributed by atoms with Gasteiger partial charge in [-0.25, -0.2) is 4.52 Å². The maximum absolute atomic E-state index is 12.8. The van der Waals surface area contributed by atoms with E-state index in [-0.39, 0.29) is 11.9 Å². The van der Waals surface area contributed by atoms with E-state index in [9.17, 15) is 10.1 Å². The summed E-state index contributed by atoms with van der Waals surface area (Å²) in [5.41, 5.74) is 9.98. The van der Waals surface area contributed by atoms with Crippen LogP contribution < -0.4 is 10.5 Å². The van der Waals surface area contributed by atoms with Gasteiger partial charge in [0.1, 0.15) is 22.9 Å². The van der Waals surface area contributed by atoms with E-state index < -0.39 is 0 Å². The van der Waals surface area contributed by atoms with Crippen LogP contribution in [0.4, 0.5) is 5.69 Å². The monoisotopic (exact) mass is 441 g/mol. The average Bonchev–Trinajstić information content (AvgIpc) is 3.50.